The maximum Gasteiger partial charge on any atom is 0.387 e. The van der Waals surface area contributed by atoms with E-state index < -0.39 is 6.61 Å². The summed E-state index contributed by atoms with van der Waals surface area (Å²) >= 11 is 0. The van der Waals surface area contributed by atoms with Crippen LogP contribution in [0, 0.1) is 0 Å². The van der Waals surface area contributed by atoms with Crippen LogP contribution in [0.1, 0.15) is 24.1 Å². The van der Waals surface area contributed by atoms with E-state index in [9.17, 15) is 8.78 Å². The van der Waals surface area contributed by atoms with Crippen LogP contribution in [0.3, 0.4) is 0 Å². The van der Waals surface area contributed by atoms with Gasteiger partial charge in [-0.15, -0.1) is 0 Å². The topological polar surface area (TPSA) is 34.4 Å². The molecule has 19 heavy (non-hydrogen) atoms. The minimum absolute atomic E-state index is 0.0238. The Hall–Kier alpha value is -1.88. The minimum Gasteiger partial charge on any atom is -0.472 e. The number of nitrogens with one attached hydrogen (secondary N) is 1. The van der Waals surface area contributed by atoms with Crippen LogP contribution in [0.2, 0.25) is 0 Å². The molecule has 0 radical (unpaired) electrons. The van der Waals surface area contributed by atoms with Crippen molar-refractivity contribution in [3.8, 4) is 5.75 Å². The molecule has 1 N–H and O–H groups in total. The van der Waals surface area contributed by atoms with Crippen molar-refractivity contribution in [2.45, 2.75) is 19.6 Å². The third kappa shape index (κ3) is 3.54. The van der Waals surface area contributed by atoms with Gasteiger partial charge in [0, 0.05) is 5.56 Å². The fourth-order valence-electron chi connectivity index (χ4n) is 1.91. The quantitative estimate of drug-likeness (QED) is 0.868. The molecule has 1 unspecified atom stereocenters. The maximum atomic E-state index is 12.1. The highest BCUT2D eigenvalue weighted by Crippen LogP contribution is 2.25. The first-order valence-electron chi connectivity index (χ1n) is 6.01. The lowest BCUT2D eigenvalue weighted by Crippen LogP contribution is -2.21. The van der Waals surface area contributed by atoms with Crippen LogP contribution in [0.25, 0.3) is 0 Å². The molecule has 0 saturated heterocycles. The lowest BCUT2D eigenvalue weighted by atomic mass is 10.0. The van der Waals surface area contributed by atoms with Crippen molar-refractivity contribution < 1.29 is 17.9 Å². The van der Waals surface area contributed by atoms with E-state index in [0.29, 0.717) is 0 Å². The Bertz CT molecular complexity index is 483. The Morgan fingerprint density at radius 1 is 1.16 bits per heavy atom. The molecule has 0 aliphatic heterocycles. The van der Waals surface area contributed by atoms with Crippen LogP contribution < -0.4 is 10.1 Å². The zero-order valence-electron chi connectivity index (χ0n) is 10.5. The van der Waals surface area contributed by atoms with Crippen molar-refractivity contribution in [2.24, 2.45) is 0 Å². The molecule has 0 aliphatic carbocycles. The molecule has 0 spiro atoms. The van der Waals surface area contributed by atoms with Crippen LogP contribution in [-0.4, -0.2) is 13.2 Å². The Kier molecular flexibility index (Phi) is 4.52. The first-order valence-corrected chi connectivity index (χ1v) is 6.01. The molecule has 0 saturated carbocycles. The largest absolute Gasteiger partial charge is 0.472 e. The van der Waals surface area contributed by atoms with Gasteiger partial charge >= 0.3 is 6.61 Å². The average Bonchev–Trinajstić information content (AvgIpc) is 2.90. The number of rotatable bonds is 6. The van der Waals surface area contributed by atoms with E-state index in [-0.39, 0.29) is 11.8 Å². The summed E-state index contributed by atoms with van der Waals surface area (Å²) in [5, 5.41) is 3.31. The molecule has 1 aromatic carbocycles. The molecule has 102 valence electrons. The Morgan fingerprint density at radius 2 is 1.89 bits per heavy atom. The van der Waals surface area contributed by atoms with Crippen molar-refractivity contribution >= 4 is 0 Å². The van der Waals surface area contributed by atoms with Gasteiger partial charge in [0.1, 0.15) is 5.75 Å². The monoisotopic (exact) mass is 267 g/mol. The lowest BCUT2D eigenvalue weighted by molar-refractivity contribution is -0.0498. The van der Waals surface area contributed by atoms with Gasteiger partial charge in [0.2, 0.25) is 0 Å². The summed E-state index contributed by atoms with van der Waals surface area (Å²) in [6, 6.07) is 8.44. The molecule has 0 amide bonds. The number of furan rings is 1. The van der Waals surface area contributed by atoms with Crippen molar-refractivity contribution in [1.29, 1.82) is 0 Å². The number of halogens is 2. The van der Waals surface area contributed by atoms with E-state index in [1.54, 1.807) is 24.7 Å². The number of alkyl halides is 2. The zero-order valence-corrected chi connectivity index (χ0v) is 10.5. The molecule has 1 atom stereocenters. The van der Waals surface area contributed by atoms with E-state index in [1.165, 1.54) is 12.1 Å². The van der Waals surface area contributed by atoms with Crippen molar-refractivity contribution in [3.63, 3.8) is 0 Å². The first kappa shape index (κ1) is 13.5. The fourth-order valence-corrected chi connectivity index (χ4v) is 1.91. The third-order valence-corrected chi connectivity index (χ3v) is 2.72. The number of ether oxygens (including phenoxy) is 1. The summed E-state index contributed by atoms with van der Waals surface area (Å²) < 4.78 is 33.6. The zero-order chi connectivity index (χ0) is 13.7. The maximum absolute atomic E-state index is 12.1. The second-order valence-electron chi connectivity index (χ2n) is 3.99. The highest BCUT2D eigenvalue weighted by atomic mass is 19.3. The van der Waals surface area contributed by atoms with E-state index in [2.05, 4.69) is 10.1 Å². The minimum atomic E-state index is -2.80. The second kappa shape index (κ2) is 6.33. The van der Waals surface area contributed by atoms with Gasteiger partial charge in [-0.05, 0) is 30.3 Å². The van der Waals surface area contributed by atoms with Gasteiger partial charge < -0.3 is 14.5 Å². The van der Waals surface area contributed by atoms with Gasteiger partial charge in [0.25, 0.3) is 0 Å². The summed E-state index contributed by atoms with van der Waals surface area (Å²) in [5.74, 6) is 0.154. The Balaban J connectivity index is 2.18. The Labute approximate surface area is 110 Å². The van der Waals surface area contributed by atoms with Gasteiger partial charge in [-0.1, -0.05) is 19.1 Å². The molecule has 2 aromatic rings. The van der Waals surface area contributed by atoms with E-state index in [0.717, 1.165) is 17.7 Å². The summed E-state index contributed by atoms with van der Waals surface area (Å²) in [4.78, 5) is 0. The third-order valence-electron chi connectivity index (χ3n) is 2.72. The molecular formula is C14H15F2NO2. The van der Waals surface area contributed by atoms with Crippen LogP contribution in [0.15, 0.2) is 47.3 Å². The van der Waals surface area contributed by atoms with Crippen molar-refractivity contribution in [2.75, 3.05) is 6.54 Å². The highest BCUT2D eigenvalue weighted by molar-refractivity contribution is 5.34. The van der Waals surface area contributed by atoms with Crippen LogP contribution >= 0.6 is 0 Å². The molecule has 3 nitrogen and oxygen atoms in total. The van der Waals surface area contributed by atoms with Crippen molar-refractivity contribution in [1.82, 2.24) is 5.32 Å². The van der Waals surface area contributed by atoms with E-state index in [1.807, 2.05) is 13.0 Å². The number of benzene rings is 1. The Morgan fingerprint density at radius 3 is 2.42 bits per heavy atom. The molecule has 0 fully saturated rings. The molecule has 5 heteroatoms. The molecule has 0 bridgehead atoms. The van der Waals surface area contributed by atoms with Gasteiger partial charge in [-0.3, -0.25) is 0 Å². The predicted octanol–water partition coefficient (Wildman–Crippen LogP) is 3.58. The summed E-state index contributed by atoms with van der Waals surface area (Å²) in [5.41, 5.74) is 1.95. The molecule has 2 rings (SSSR count). The summed E-state index contributed by atoms with van der Waals surface area (Å²) in [6.45, 7) is -0.0174. The number of hydrogen-bond acceptors (Lipinski definition) is 3. The first-order chi connectivity index (χ1) is 9.20. The van der Waals surface area contributed by atoms with Gasteiger partial charge in [-0.2, -0.15) is 8.78 Å². The summed E-state index contributed by atoms with van der Waals surface area (Å²) in [6.07, 6.45) is 3.27. The van der Waals surface area contributed by atoms with E-state index in [4.69, 9.17) is 4.42 Å². The molecule has 1 heterocycles. The molecule has 1 aromatic heterocycles. The van der Waals surface area contributed by atoms with Crippen molar-refractivity contribution in [3.05, 3.63) is 54.0 Å². The van der Waals surface area contributed by atoms with Crippen LogP contribution in [0.4, 0.5) is 8.78 Å². The number of hydrogen-bond donors (Lipinski definition) is 1. The van der Waals surface area contributed by atoms with Crippen LogP contribution in [0.5, 0.6) is 5.75 Å². The normalized spacial score (nSPS) is 12.6. The SMILES string of the molecule is CCNC(c1ccc(OC(F)F)cc1)c1ccoc1. The van der Waals surface area contributed by atoms with Crippen LogP contribution in [-0.2, 0) is 0 Å². The fraction of sp³-hybridized carbons (Fsp3) is 0.286. The van der Waals surface area contributed by atoms with Gasteiger partial charge in [-0.25, -0.2) is 0 Å². The molecule has 0 aliphatic rings. The molecular weight excluding hydrogens is 252 g/mol. The predicted molar refractivity (Wildman–Crippen MR) is 67.3 cm³/mol. The standard InChI is InChI=1S/C14H15F2NO2/c1-2-17-13(11-7-8-18-9-11)10-3-5-12(6-4-10)19-14(15)16/h3-9,13-14,17H,2H2,1H3. The highest BCUT2D eigenvalue weighted by Gasteiger charge is 2.14. The summed E-state index contributed by atoms with van der Waals surface area (Å²) in [7, 11) is 0. The van der Waals surface area contributed by atoms with E-state index >= 15 is 0 Å². The lowest BCUT2D eigenvalue weighted by Gasteiger charge is -2.17. The average molecular weight is 267 g/mol. The van der Waals surface area contributed by atoms with Gasteiger partial charge in [0.15, 0.2) is 0 Å². The second-order valence-corrected chi connectivity index (χ2v) is 3.99. The van der Waals surface area contributed by atoms with Gasteiger partial charge in [0.05, 0.1) is 18.6 Å². The smallest absolute Gasteiger partial charge is 0.387 e.